The van der Waals surface area contributed by atoms with Crippen molar-refractivity contribution in [3.63, 3.8) is 0 Å². The van der Waals surface area contributed by atoms with E-state index in [0.29, 0.717) is 41.0 Å². The Kier molecular flexibility index (Phi) is 8.24. The lowest BCUT2D eigenvalue weighted by Crippen LogP contribution is -2.53. The molecule has 1 saturated heterocycles. The number of rotatable bonds is 8. The lowest BCUT2D eigenvalue weighted by Gasteiger charge is -2.38. The second-order valence-corrected chi connectivity index (χ2v) is 9.68. The molecule has 1 aromatic carbocycles. The second-order valence-electron chi connectivity index (χ2n) is 8.19. The van der Waals surface area contributed by atoms with Gasteiger partial charge in [0.05, 0.1) is 37.0 Å². The number of ether oxygens (including phenoxy) is 1. The molecule has 1 unspecified atom stereocenters. The van der Waals surface area contributed by atoms with E-state index in [4.69, 9.17) is 15.0 Å². The number of benzene rings is 1. The van der Waals surface area contributed by atoms with Crippen molar-refractivity contribution >= 4 is 32.7 Å². The number of carbonyl (C=O) groups is 1. The summed E-state index contributed by atoms with van der Waals surface area (Å²) in [5.41, 5.74) is 1.57. The first-order valence-corrected chi connectivity index (χ1v) is 12.3. The van der Waals surface area contributed by atoms with E-state index in [1.807, 2.05) is 10.2 Å². The van der Waals surface area contributed by atoms with Crippen LogP contribution in [0.25, 0.3) is 10.9 Å². The van der Waals surface area contributed by atoms with E-state index in [0.717, 1.165) is 4.31 Å². The lowest BCUT2D eigenvalue weighted by atomic mass is 10.0. The number of hydrogen-bond acceptors (Lipinski definition) is 8. The van der Waals surface area contributed by atoms with E-state index < -0.39 is 47.5 Å². The highest BCUT2D eigenvalue weighted by Gasteiger charge is 2.39. The van der Waals surface area contributed by atoms with Gasteiger partial charge in [-0.3, -0.25) is 9.78 Å². The van der Waals surface area contributed by atoms with Gasteiger partial charge in [-0.1, -0.05) is 0 Å². The molecule has 15 heteroatoms. The van der Waals surface area contributed by atoms with E-state index in [1.54, 1.807) is 18.2 Å². The number of nitrogens with two attached hydrogens (primary N) is 1. The summed E-state index contributed by atoms with van der Waals surface area (Å²) >= 11 is 0. The summed E-state index contributed by atoms with van der Waals surface area (Å²) in [4.78, 5) is 18.3. The van der Waals surface area contributed by atoms with E-state index >= 15 is 0 Å². The number of carbonyl (C=O) groups excluding carboxylic acids is 1. The van der Waals surface area contributed by atoms with Crippen LogP contribution in [-0.2, 0) is 15.0 Å². The summed E-state index contributed by atoms with van der Waals surface area (Å²) in [5.74, 6) is -0.440. The predicted octanol–water partition coefficient (Wildman–Crippen LogP) is 0.629. The van der Waals surface area contributed by atoms with Crippen LogP contribution in [0.1, 0.15) is 18.4 Å². The number of aliphatic hydroxyl groups is 1. The molecule has 1 aromatic heterocycles. The number of amides is 1. The molecule has 2 aromatic rings. The fourth-order valence-corrected chi connectivity index (χ4v) is 4.96. The van der Waals surface area contributed by atoms with Crippen molar-refractivity contribution in [3.8, 4) is 11.8 Å². The van der Waals surface area contributed by atoms with Gasteiger partial charge in [-0.05, 0) is 25.0 Å². The number of aromatic nitrogens is 1. The summed E-state index contributed by atoms with van der Waals surface area (Å²) in [6.07, 6.45) is -5.79. The van der Waals surface area contributed by atoms with Crippen molar-refractivity contribution < 1.29 is 36.2 Å². The zero-order valence-corrected chi connectivity index (χ0v) is 20.0. The zero-order valence-electron chi connectivity index (χ0n) is 19.2. The van der Waals surface area contributed by atoms with Crippen LogP contribution in [0, 0.1) is 11.3 Å². The van der Waals surface area contributed by atoms with Crippen LogP contribution in [0.3, 0.4) is 0 Å². The normalized spacial score (nSPS) is 16.1. The Morgan fingerprint density at radius 3 is 2.64 bits per heavy atom. The quantitative estimate of drug-likeness (QED) is 0.448. The van der Waals surface area contributed by atoms with Crippen LogP contribution in [0.5, 0.6) is 5.75 Å². The van der Waals surface area contributed by atoms with Crippen molar-refractivity contribution in [2.75, 3.05) is 38.2 Å². The minimum Gasteiger partial charge on any atom is -0.497 e. The molecular weight excluding hydrogens is 505 g/mol. The van der Waals surface area contributed by atoms with Crippen molar-refractivity contribution in [2.45, 2.75) is 31.2 Å². The van der Waals surface area contributed by atoms with Crippen LogP contribution < -0.4 is 20.1 Å². The highest BCUT2D eigenvalue weighted by Crippen LogP contribution is 2.34. The van der Waals surface area contributed by atoms with Crippen LogP contribution >= 0.6 is 0 Å². The minimum absolute atomic E-state index is 0.236. The fraction of sp³-hybridized carbons (Fsp3) is 0.476. The first-order valence-electron chi connectivity index (χ1n) is 10.8. The van der Waals surface area contributed by atoms with Gasteiger partial charge in [0.15, 0.2) is 6.10 Å². The maximum absolute atomic E-state index is 12.4. The molecule has 4 N–H and O–H groups in total. The second kappa shape index (κ2) is 10.8. The molecule has 1 amide bonds. The van der Waals surface area contributed by atoms with E-state index in [1.165, 1.54) is 13.3 Å². The number of nitrogens with one attached hydrogen (secondary N) is 1. The van der Waals surface area contributed by atoms with Crippen LogP contribution in [-0.4, -0.2) is 80.3 Å². The largest absolute Gasteiger partial charge is 0.497 e. The Labute approximate surface area is 205 Å². The molecule has 3 rings (SSSR count). The number of fused-ring (bicyclic) bond motifs is 1. The average molecular weight is 531 g/mol. The molecule has 0 radical (unpaired) electrons. The van der Waals surface area contributed by atoms with Crippen molar-refractivity contribution in [2.24, 2.45) is 5.14 Å². The molecule has 0 aliphatic carbocycles. The highest BCUT2D eigenvalue weighted by molar-refractivity contribution is 7.86. The number of hydrogen-bond donors (Lipinski definition) is 3. The number of piperidine rings is 1. The maximum Gasteiger partial charge on any atom is 0.416 e. The van der Waals surface area contributed by atoms with Crippen molar-refractivity contribution in [1.82, 2.24) is 14.6 Å². The summed E-state index contributed by atoms with van der Waals surface area (Å²) in [7, 11) is -2.85. The molecule has 0 spiro atoms. The average Bonchev–Trinajstić information content (AvgIpc) is 2.83. The molecular formula is C21H25F3N6O5S. The Balaban J connectivity index is 1.74. The number of aliphatic hydroxyl groups excluding tert-OH is 1. The zero-order chi connectivity index (χ0) is 26.7. The first kappa shape index (κ1) is 27.4. The van der Waals surface area contributed by atoms with Gasteiger partial charge in [-0.25, -0.2) is 5.14 Å². The molecule has 0 saturated carbocycles. The number of pyridine rings is 1. The van der Waals surface area contributed by atoms with Gasteiger partial charge < -0.3 is 20.1 Å². The maximum atomic E-state index is 12.4. The summed E-state index contributed by atoms with van der Waals surface area (Å²) < 4.78 is 67.6. The van der Waals surface area contributed by atoms with E-state index in [9.17, 15) is 31.6 Å². The van der Waals surface area contributed by atoms with Crippen LogP contribution in [0.2, 0.25) is 0 Å². The van der Waals surface area contributed by atoms with Gasteiger partial charge in [0.25, 0.3) is 10.2 Å². The third-order valence-corrected chi connectivity index (χ3v) is 6.93. The van der Waals surface area contributed by atoms with Gasteiger partial charge in [0.1, 0.15) is 11.8 Å². The van der Waals surface area contributed by atoms with Crippen LogP contribution in [0.15, 0.2) is 24.4 Å². The third kappa shape index (κ3) is 6.32. The fourth-order valence-electron chi connectivity index (χ4n) is 4.04. The molecule has 36 heavy (non-hydrogen) atoms. The minimum atomic E-state index is -4.93. The molecule has 1 atom stereocenters. The first-order chi connectivity index (χ1) is 16.8. The molecule has 1 fully saturated rings. The number of alkyl halides is 3. The standard InChI is InChI=1S/C21H25F3N6O5S/c1-35-15-2-3-16-17(8-15)27-10-13(9-25)20(16)29-6-4-14(5-7-29)30(36(26,33)34)12-19(32)28-11-18(31)21(22,23)24/h2-3,8,10,14,18,31H,4-7,11-12H2,1H3,(H,28,32)(H2,26,33,34). The van der Waals surface area contributed by atoms with Gasteiger partial charge in [0.2, 0.25) is 5.91 Å². The predicted molar refractivity (Wildman–Crippen MR) is 123 cm³/mol. The molecule has 0 bridgehead atoms. The number of methoxy groups -OCH3 is 1. The molecule has 1 aliphatic rings. The summed E-state index contributed by atoms with van der Waals surface area (Å²) in [6, 6.07) is 6.65. The number of nitrogens with zero attached hydrogens (tertiary/aromatic N) is 4. The van der Waals surface area contributed by atoms with Crippen molar-refractivity contribution in [1.29, 1.82) is 5.26 Å². The SMILES string of the molecule is COc1ccc2c(N3CCC(N(CC(=O)NCC(O)C(F)(F)F)S(N)(=O)=O)CC3)c(C#N)cnc2c1. The molecule has 1 aliphatic heterocycles. The van der Waals surface area contributed by atoms with Crippen LogP contribution in [0.4, 0.5) is 18.9 Å². The number of anilines is 1. The van der Waals surface area contributed by atoms with Gasteiger partial charge >= 0.3 is 6.18 Å². The summed E-state index contributed by atoms with van der Waals surface area (Å²) in [6.45, 7) is -1.29. The summed E-state index contributed by atoms with van der Waals surface area (Å²) in [5, 5.41) is 26.5. The molecule has 2 heterocycles. The smallest absolute Gasteiger partial charge is 0.416 e. The topological polar surface area (TPSA) is 162 Å². The van der Waals surface area contributed by atoms with Gasteiger partial charge in [0, 0.05) is 36.8 Å². The Bertz CT molecular complexity index is 1260. The van der Waals surface area contributed by atoms with Crippen molar-refractivity contribution in [3.05, 3.63) is 30.0 Å². The number of halogens is 3. The number of nitriles is 1. The Hall–Kier alpha value is -3.19. The van der Waals surface area contributed by atoms with E-state index in [2.05, 4.69) is 11.1 Å². The Morgan fingerprint density at radius 1 is 1.42 bits per heavy atom. The third-order valence-electron chi connectivity index (χ3n) is 5.85. The monoisotopic (exact) mass is 530 g/mol. The van der Waals surface area contributed by atoms with Gasteiger partial charge in [-0.15, -0.1) is 0 Å². The lowest BCUT2D eigenvalue weighted by molar-refractivity contribution is -0.201. The Morgan fingerprint density at radius 2 is 2.08 bits per heavy atom. The van der Waals surface area contributed by atoms with E-state index in [-0.39, 0.29) is 12.8 Å². The van der Waals surface area contributed by atoms with Gasteiger partial charge in [-0.2, -0.15) is 31.2 Å². The molecule has 196 valence electrons. The molecule has 11 nitrogen and oxygen atoms in total. The highest BCUT2D eigenvalue weighted by atomic mass is 32.2.